The van der Waals surface area contributed by atoms with Crippen molar-refractivity contribution < 1.29 is 27.8 Å². The molecule has 1 aliphatic rings. The summed E-state index contributed by atoms with van der Waals surface area (Å²) in [7, 11) is -2.82. The van der Waals surface area contributed by atoms with Gasteiger partial charge in [0.1, 0.15) is 17.5 Å². The first-order valence-electron chi connectivity index (χ1n) is 12.2. The highest BCUT2D eigenvalue weighted by molar-refractivity contribution is 7.89. The van der Waals surface area contributed by atoms with Gasteiger partial charge < -0.3 is 14.6 Å². The van der Waals surface area contributed by atoms with Gasteiger partial charge in [-0.1, -0.05) is 43.3 Å². The fourth-order valence-corrected chi connectivity index (χ4v) is 6.33. The molecule has 0 unspecified atom stereocenters. The maximum Gasteiger partial charge on any atom is 0.337 e. The third kappa shape index (κ3) is 5.28. The number of ether oxygens (including phenoxy) is 2. The van der Waals surface area contributed by atoms with Crippen molar-refractivity contribution in [2.45, 2.75) is 63.3 Å². The lowest BCUT2D eigenvalue weighted by molar-refractivity contribution is -0.0802. The molecule has 0 aliphatic carbocycles. The molecular formula is C29H33NO6S. The number of aliphatic hydroxyl groups excluding tert-OH is 1. The summed E-state index contributed by atoms with van der Waals surface area (Å²) in [6.45, 7) is 7.33. The second-order valence-electron chi connectivity index (χ2n) is 9.88. The lowest BCUT2D eigenvalue weighted by Gasteiger charge is -2.45. The molecule has 0 saturated carbocycles. The number of esters is 1. The predicted molar refractivity (Wildman–Crippen MR) is 141 cm³/mol. The van der Waals surface area contributed by atoms with E-state index in [1.54, 1.807) is 50.2 Å². The number of aryl methyl sites for hydroxylation is 2. The van der Waals surface area contributed by atoms with Gasteiger partial charge in [0.15, 0.2) is 0 Å². The van der Waals surface area contributed by atoms with Crippen molar-refractivity contribution in [1.29, 1.82) is 0 Å². The summed E-state index contributed by atoms with van der Waals surface area (Å²) in [5, 5.41) is 11.6. The lowest BCUT2D eigenvalue weighted by atomic mass is 9.85. The van der Waals surface area contributed by atoms with Crippen molar-refractivity contribution in [1.82, 2.24) is 4.31 Å². The summed E-state index contributed by atoms with van der Waals surface area (Å²) in [4.78, 5) is 12.5. The van der Waals surface area contributed by atoms with Crippen LogP contribution >= 0.6 is 0 Å². The van der Waals surface area contributed by atoms with Crippen LogP contribution in [0, 0.1) is 6.92 Å². The summed E-state index contributed by atoms with van der Waals surface area (Å²) in [5.74, 6) is -0.164. The molecule has 0 amide bonds. The van der Waals surface area contributed by atoms with Crippen LogP contribution in [0.15, 0.2) is 71.6 Å². The maximum absolute atomic E-state index is 14.2. The first-order valence-corrected chi connectivity index (χ1v) is 13.7. The molecule has 2 atom stereocenters. The number of nitrogens with zero attached hydrogens (tertiary/aromatic N) is 1. The SMILES string of the molecule is CCc1ccc(CN([C@@H]2c3cc(C(=O)OC)ccc3OC(C)(C)[C@H]2O)S(=O)(=O)c2cccc(C)c2)cc1. The van der Waals surface area contributed by atoms with Crippen molar-refractivity contribution in [2.24, 2.45) is 0 Å². The fraction of sp³-hybridized carbons (Fsp3) is 0.345. The molecule has 0 spiro atoms. The Hall–Kier alpha value is -3.20. The summed E-state index contributed by atoms with van der Waals surface area (Å²) in [6, 6.07) is 18.2. The Bertz CT molecular complexity index is 1400. The van der Waals surface area contributed by atoms with Gasteiger partial charge in [0.05, 0.1) is 23.6 Å². The van der Waals surface area contributed by atoms with Gasteiger partial charge in [0, 0.05) is 12.1 Å². The summed E-state index contributed by atoms with van der Waals surface area (Å²) in [5.41, 5.74) is 2.25. The molecule has 7 nitrogen and oxygen atoms in total. The zero-order chi connectivity index (χ0) is 27.0. The number of rotatable bonds is 7. The van der Waals surface area contributed by atoms with E-state index in [9.17, 15) is 18.3 Å². The Morgan fingerprint density at radius 1 is 1.05 bits per heavy atom. The van der Waals surface area contributed by atoms with Crippen LogP contribution in [0.2, 0.25) is 0 Å². The molecule has 0 bridgehead atoms. The van der Waals surface area contributed by atoms with E-state index in [0.717, 1.165) is 23.1 Å². The van der Waals surface area contributed by atoms with E-state index >= 15 is 0 Å². The first kappa shape index (κ1) is 26.9. The molecule has 3 aromatic rings. The number of aliphatic hydroxyl groups is 1. The van der Waals surface area contributed by atoms with Crippen molar-refractivity contribution in [3.05, 3.63) is 94.5 Å². The minimum atomic E-state index is -4.10. The number of carbonyl (C=O) groups is 1. The predicted octanol–water partition coefficient (Wildman–Crippen LogP) is 4.81. The van der Waals surface area contributed by atoms with E-state index in [-0.39, 0.29) is 17.0 Å². The summed E-state index contributed by atoms with van der Waals surface area (Å²) >= 11 is 0. The van der Waals surface area contributed by atoms with Crippen molar-refractivity contribution in [2.75, 3.05) is 7.11 Å². The molecule has 0 radical (unpaired) electrons. The van der Waals surface area contributed by atoms with Crippen molar-refractivity contribution in [3.63, 3.8) is 0 Å². The van der Waals surface area contributed by atoms with Gasteiger partial charge >= 0.3 is 5.97 Å². The number of hydrogen-bond acceptors (Lipinski definition) is 6. The molecule has 4 rings (SSSR count). The van der Waals surface area contributed by atoms with Crippen LogP contribution in [-0.4, -0.2) is 42.6 Å². The van der Waals surface area contributed by atoms with E-state index in [4.69, 9.17) is 9.47 Å². The van der Waals surface area contributed by atoms with Crippen LogP contribution in [0.4, 0.5) is 0 Å². The standard InChI is InChI=1S/C29H33NO6S/c1-6-20-10-12-21(13-11-20)18-30(37(33,34)23-9-7-8-19(2)16-23)26-24-17-22(28(32)35-5)14-15-25(24)36-29(3,4)27(26)31/h7-17,26-27,31H,6,18H2,1-5H3/t26-,27+/m1/s1. The second kappa shape index (κ2) is 10.3. The molecule has 0 saturated heterocycles. The largest absolute Gasteiger partial charge is 0.485 e. The first-order chi connectivity index (χ1) is 17.5. The second-order valence-corrected chi connectivity index (χ2v) is 11.8. The Morgan fingerprint density at radius 3 is 2.35 bits per heavy atom. The molecule has 3 aromatic carbocycles. The Kier molecular flexibility index (Phi) is 7.46. The number of carbonyl (C=O) groups excluding carboxylic acids is 1. The van der Waals surface area contributed by atoms with E-state index < -0.39 is 33.7 Å². The molecule has 37 heavy (non-hydrogen) atoms. The molecule has 8 heteroatoms. The van der Waals surface area contributed by atoms with Crippen LogP contribution in [-0.2, 0) is 27.7 Å². The smallest absolute Gasteiger partial charge is 0.337 e. The molecule has 1 heterocycles. The number of fused-ring (bicyclic) bond motifs is 1. The van der Waals surface area contributed by atoms with E-state index in [0.29, 0.717) is 11.3 Å². The van der Waals surface area contributed by atoms with Gasteiger partial charge in [-0.2, -0.15) is 4.31 Å². The Labute approximate surface area is 218 Å². The number of methoxy groups -OCH3 is 1. The van der Waals surface area contributed by atoms with E-state index in [1.165, 1.54) is 11.4 Å². The van der Waals surface area contributed by atoms with Gasteiger partial charge in [-0.3, -0.25) is 0 Å². The number of benzene rings is 3. The van der Waals surface area contributed by atoms with Crippen LogP contribution in [0.5, 0.6) is 5.75 Å². The average molecular weight is 524 g/mol. The molecule has 0 aromatic heterocycles. The average Bonchev–Trinajstić information content (AvgIpc) is 2.88. The fourth-order valence-electron chi connectivity index (χ4n) is 4.63. The quantitative estimate of drug-likeness (QED) is 0.447. The minimum Gasteiger partial charge on any atom is -0.485 e. The summed E-state index contributed by atoms with van der Waals surface area (Å²) in [6.07, 6.45) is -0.371. The monoisotopic (exact) mass is 523 g/mol. The van der Waals surface area contributed by atoms with Crippen LogP contribution < -0.4 is 4.74 Å². The molecule has 1 N–H and O–H groups in total. The van der Waals surface area contributed by atoms with Crippen molar-refractivity contribution in [3.8, 4) is 5.75 Å². The third-order valence-electron chi connectivity index (χ3n) is 6.81. The summed E-state index contributed by atoms with van der Waals surface area (Å²) < 4.78 is 40.7. The van der Waals surface area contributed by atoms with Crippen molar-refractivity contribution >= 4 is 16.0 Å². The highest BCUT2D eigenvalue weighted by Gasteiger charge is 2.49. The zero-order valence-electron chi connectivity index (χ0n) is 21.8. The van der Waals surface area contributed by atoms with Gasteiger partial charge in [0.2, 0.25) is 10.0 Å². The van der Waals surface area contributed by atoms with Crippen LogP contribution in [0.1, 0.15) is 59.4 Å². The Morgan fingerprint density at radius 2 is 1.73 bits per heavy atom. The molecule has 196 valence electrons. The number of hydrogen-bond donors (Lipinski definition) is 1. The molecule has 0 fully saturated rings. The van der Waals surface area contributed by atoms with E-state index in [1.807, 2.05) is 37.3 Å². The highest BCUT2D eigenvalue weighted by atomic mass is 32.2. The van der Waals surface area contributed by atoms with Gasteiger partial charge in [-0.15, -0.1) is 0 Å². The van der Waals surface area contributed by atoms with Gasteiger partial charge in [-0.05, 0) is 74.2 Å². The van der Waals surface area contributed by atoms with Crippen LogP contribution in [0.3, 0.4) is 0 Å². The van der Waals surface area contributed by atoms with Gasteiger partial charge in [0.25, 0.3) is 0 Å². The number of sulfonamides is 1. The lowest BCUT2D eigenvalue weighted by Crippen LogP contribution is -2.54. The Balaban J connectivity index is 1.93. The van der Waals surface area contributed by atoms with Crippen LogP contribution in [0.25, 0.3) is 0 Å². The minimum absolute atomic E-state index is 0.0139. The topological polar surface area (TPSA) is 93.1 Å². The highest BCUT2D eigenvalue weighted by Crippen LogP contribution is 2.45. The molecular weight excluding hydrogens is 490 g/mol. The van der Waals surface area contributed by atoms with Gasteiger partial charge in [-0.25, -0.2) is 13.2 Å². The normalized spacial score (nSPS) is 18.7. The zero-order valence-corrected chi connectivity index (χ0v) is 22.6. The maximum atomic E-state index is 14.2. The molecule has 1 aliphatic heterocycles. The third-order valence-corrected chi connectivity index (χ3v) is 8.63. The van der Waals surface area contributed by atoms with E-state index in [2.05, 4.69) is 6.92 Å².